The number of rotatable bonds is 6. The molecule has 0 spiro atoms. The Morgan fingerprint density at radius 3 is 2.79 bits per heavy atom. The molecule has 0 aliphatic carbocycles. The Hall–Kier alpha value is -4.04. The number of carbonyl (C=O) groups excluding carboxylic acids is 1. The number of amides is 1. The summed E-state index contributed by atoms with van der Waals surface area (Å²) in [6.07, 6.45) is 4.72. The zero-order chi connectivity index (χ0) is 23.4. The van der Waals surface area contributed by atoms with Gasteiger partial charge in [-0.2, -0.15) is 5.26 Å². The molecule has 0 bridgehead atoms. The fourth-order valence-electron chi connectivity index (χ4n) is 3.50. The fraction of sp³-hybridized carbons (Fsp3) is 0.273. The number of nitrogens with zero attached hydrogens (tertiary/aromatic N) is 5. The van der Waals surface area contributed by atoms with Crippen molar-refractivity contribution in [3.8, 4) is 17.4 Å². The highest BCUT2D eigenvalue weighted by atomic mass is 32.1. The first kappa shape index (κ1) is 22.2. The quantitative estimate of drug-likeness (QED) is 0.243. The molecule has 10 nitrogen and oxygen atoms in total. The van der Waals surface area contributed by atoms with Crippen LogP contribution < -0.4 is 10.2 Å². The van der Waals surface area contributed by atoms with E-state index in [9.17, 15) is 20.2 Å². The van der Waals surface area contributed by atoms with Crippen LogP contribution in [0.2, 0.25) is 0 Å². The molecular formula is C22H20N6O4S. The van der Waals surface area contributed by atoms with Gasteiger partial charge in [-0.25, -0.2) is 0 Å². The molecule has 1 N–H and O–H groups in total. The van der Waals surface area contributed by atoms with Crippen molar-refractivity contribution < 1.29 is 14.1 Å². The summed E-state index contributed by atoms with van der Waals surface area (Å²) in [5, 5.41) is 32.4. The van der Waals surface area contributed by atoms with Crippen molar-refractivity contribution in [2.45, 2.75) is 26.2 Å². The number of nitro groups is 1. The van der Waals surface area contributed by atoms with E-state index in [4.69, 9.17) is 4.42 Å². The van der Waals surface area contributed by atoms with Crippen LogP contribution in [0.25, 0.3) is 17.4 Å². The molecule has 11 heteroatoms. The molecule has 0 saturated carbocycles. The molecule has 3 aromatic rings. The minimum Gasteiger partial charge on any atom is -0.457 e. The fourth-order valence-corrected chi connectivity index (χ4v) is 4.29. The summed E-state index contributed by atoms with van der Waals surface area (Å²) >= 11 is 1.27. The van der Waals surface area contributed by atoms with Crippen LogP contribution in [0.1, 0.15) is 30.6 Å². The average Bonchev–Trinajstić information content (AvgIpc) is 3.48. The number of nitriles is 1. The highest BCUT2D eigenvalue weighted by molar-refractivity contribution is 7.19. The Kier molecular flexibility index (Phi) is 6.46. The Bertz CT molecular complexity index is 1270. The van der Waals surface area contributed by atoms with Crippen LogP contribution >= 0.6 is 11.3 Å². The predicted molar refractivity (Wildman–Crippen MR) is 124 cm³/mol. The van der Waals surface area contributed by atoms with Crippen molar-refractivity contribution in [3.05, 3.63) is 57.3 Å². The second-order valence-electron chi connectivity index (χ2n) is 7.52. The van der Waals surface area contributed by atoms with E-state index < -0.39 is 10.8 Å². The van der Waals surface area contributed by atoms with Gasteiger partial charge in [0, 0.05) is 36.9 Å². The van der Waals surface area contributed by atoms with Gasteiger partial charge in [0.2, 0.25) is 10.3 Å². The third-order valence-electron chi connectivity index (χ3n) is 5.24. The van der Waals surface area contributed by atoms with E-state index in [0.29, 0.717) is 16.5 Å². The third kappa shape index (κ3) is 5.07. The Morgan fingerprint density at radius 2 is 2.06 bits per heavy atom. The van der Waals surface area contributed by atoms with Crippen LogP contribution in [0.4, 0.5) is 16.0 Å². The standard InChI is InChI=1S/C22H20N6O4S/c1-14-5-6-16(28(30)31)12-18(14)19-8-7-17(32-19)11-15(13-23)20(29)24-21-25-26-22(33-21)27-9-3-2-4-10-27/h5-8,11-12H,2-4,9-10H2,1H3,(H,24,25,29)/b15-11-. The molecule has 0 unspecified atom stereocenters. The third-order valence-corrected chi connectivity index (χ3v) is 6.14. The number of piperidine rings is 1. The van der Waals surface area contributed by atoms with Crippen LogP contribution in [-0.4, -0.2) is 34.1 Å². The first-order valence-corrected chi connectivity index (χ1v) is 11.1. The van der Waals surface area contributed by atoms with Gasteiger partial charge in [-0.1, -0.05) is 17.4 Å². The van der Waals surface area contributed by atoms with Gasteiger partial charge in [0.1, 0.15) is 23.2 Å². The van der Waals surface area contributed by atoms with Crippen LogP contribution in [0.15, 0.2) is 40.3 Å². The molecule has 1 aromatic carbocycles. The minimum absolute atomic E-state index is 0.0536. The zero-order valence-electron chi connectivity index (χ0n) is 17.8. The molecule has 168 valence electrons. The monoisotopic (exact) mass is 464 g/mol. The second-order valence-corrected chi connectivity index (χ2v) is 8.48. The number of carbonyl (C=O) groups is 1. The predicted octanol–water partition coefficient (Wildman–Crippen LogP) is 4.55. The Labute approximate surface area is 193 Å². The number of benzene rings is 1. The number of hydrogen-bond acceptors (Lipinski definition) is 9. The van der Waals surface area contributed by atoms with Crippen LogP contribution in [0.3, 0.4) is 0 Å². The van der Waals surface area contributed by atoms with E-state index in [1.54, 1.807) is 18.2 Å². The zero-order valence-corrected chi connectivity index (χ0v) is 18.6. The van der Waals surface area contributed by atoms with Crippen molar-refractivity contribution in [3.63, 3.8) is 0 Å². The van der Waals surface area contributed by atoms with Crippen molar-refractivity contribution in [2.75, 3.05) is 23.3 Å². The van der Waals surface area contributed by atoms with E-state index >= 15 is 0 Å². The molecule has 1 aliphatic heterocycles. The van der Waals surface area contributed by atoms with Crippen LogP contribution in [0.5, 0.6) is 0 Å². The van der Waals surface area contributed by atoms with E-state index in [2.05, 4.69) is 20.4 Å². The summed E-state index contributed by atoms with van der Waals surface area (Å²) < 4.78 is 5.74. The lowest BCUT2D eigenvalue weighted by Crippen LogP contribution is -2.29. The molecular weight excluding hydrogens is 444 g/mol. The highest BCUT2D eigenvalue weighted by Crippen LogP contribution is 2.30. The van der Waals surface area contributed by atoms with E-state index in [0.717, 1.165) is 36.6 Å². The summed E-state index contributed by atoms with van der Waals surface area (Å²) in [7, 11) is 0. The number of non-ortho nitro benzene ring substituents is 1. The van der Waals surface area contributed by atoms with Crippen molar-refractivity contribution in [2.24, 2.45) is 0 Å². The summed E-state index contributed by atoms with van der Waals surface area (Å²) in [5.41, 5.74) is 1.14. The highest BCUT2D eigenvalue weighted by Gasteiger charge is 2.18. The molecule has 4 rings (SSSR count). The molecule has 0 radical (unpaired) electrons. The molecule has 1 aliphatic rings. The Balaban J connectivity index is 1.49. The van der Waals surface area contributed by atoms with Gasteiger partial charge < -0.3 is 9.32 Å². The number of hydrogen-bond donors (Lipinski definition) is 1. The van der Waals surface area contributed by atoms with Crippen molar-refractivity contribution >= 4 is 39.3 Å². The molecule has 0 atom stereocenters. The van der Waals surface area contributed by atoms with E-state index in [1.807, 2.05) is 13.0 Å². The number of aromatic nitrogens is 2. The summed E-state index contributed by atoms with van der Waals surface area (Å²) in [6, 6.07) is 9.59. The van der Waals surface area contributed by atoms with Gasteiger partial charge in [-0.05, 0) is 43.9 Å². The number of anilines is 2. The summed E-state index contributed by atoms with van der Waals surface area (Å²) in [5.74, 6) is 0.0487. The average molecular weight is 465 g/mol. The number of nitrogens with one attached hydrogen (secondary N) is 1. The van der Waals surface area contributed by atoms with Gasteiger partial charge in [0.25, 0.3) is 11.6 Å². The van der Waals surface area contributed by atoms with Gasteiger partial charge in [-0.15, -0.1) is 10.2 Å². The normalized spacial score (nSPS) is 14.1. The van der Waals surface area contributed by atoms with Gasteiger partial charge in [0.05, 0.1) is 4.92 Å². The molecule has 1 saturated heterocycles. The van der Waals surface area contributed by atoms with Crippen molar-refractivity contribution in [1.29, 1.82) is 5.26 Å². The second kappa shape index (κ2) is 9.62. The lowest BCUT2D eigenvalue weighted by atomic mass is 10.1. The maximum absolute atomic E-state index is 12.6. The maximum atomic E-state index is 12.6. The first-order chi connectivity index (χ1) is 15.9. The van der Waals surface area contributed by atoms with Crippen molar-refractivity contribution in [1.82, 2.24) is 10.2 Å². The molecule has 1 fully saturated rings. The largest absolute Gasteiger partial charge is 0.457 e. The molecule has 33 heavy (non-hydrogen) atoms. The minimum atomic E-state index is -0.622. The number of aryl methyl sites for hydroxylation is 1. The lowest BCUT2D eigenvalue weighted by molar-refractivity contribution is -0.384. The van der Waals surface area contributed by atoms with Crippen LogP contribution in [-0.2, 0) is 4.79 Å². The first-order valence-electron chi connectivity index (χ1n) is 10.3. The topological polar surface area (TPSA) is 138 Å². The molecule has 2 aromatic heterocycles. The number of nitro benzene ring substituents is 1. The SMILES string of the molecule is Cc1ccc([N+](=O)[O-])cc1-c1ccc(/C=C(/C#N)C(=O)Nc2nnc(N3CCCCC3)s2)o1. The lowest BCUT2D eigenvalue weighted by Gasteiger charge is -2.25. The van der Waals surface area contributed by atoms with Gasteiger partial charge in [-0.3, -0.25) is 20.2 Å². The number of furan rings is 1. The summed E-state index contributed by atoms with van der Waals surface area (Å²) in [6.45, 7) is 3.64. The summed E-state index contributed by atoms with van der Waals surface area (Å²) in [4.78, 5) is 25.3. The van der Waals surface area contributed by atoms with Gasteiger partial charge >= 0.3 is 0 Å². The van der Waals surface area contributed by atoms with E-state index in [-0.39, 0.29) is 17.0 Å². The maximum Gasteiger partial charge on any atom is 0.270 e. The molecule has 1 amide bonds. The van der Waals surface area contributed by atoms with Crippen LogP contribution in [0, 0.1) is 28.4 Å². The van der Waals surface area contributed by atoms with E-state index in [1.165, 1.54) is 36.0 Å². The Morgan fingerprint density at radius 1 is 1.27 bits per heavy atom. The van der Waals surface area contributed by atoms with Gasteiger partial charge in [0.15, 0.2) is 0 Å². The smallest absolute Gasteiger partial charge is 0.270 e. The molecule has 3 heterocycles.